The van der Waals surface area contributed by atoms with E-state index < -0.39 is 9.85 Å². The molecule has 0 atom stereocenters. The van der Waals surface area contributed by atoms with Crippen molar-refractivity contribution in [1.29, 1.82) is 0 Å². The molecule has 2 rings (SSSR count). The van der Waals surface area contributed by atoms with Gasteiger partial charge >= 0.3 is 5.69 Å². The van der Waals surface area contributed by atoms with E-state index in [-0.39, 0.29) is 17.1 Å². The zero-order valence-corrected chi connectivity index (χ0v) is 15.0. The highest BCUT2D eigenvalue weighted by atomic mass is 16.6. The summed E-state index contributed by atoms with van der Waals surface area (Å²) in [7, 11) is 0. The van der Waals surface area contributed by atoms with Crippen LogP contribution in [0.15, 0.2) is 42.7 Å². The number of pyridine rings is 1. The van der Waals surface area contributed by atoms with E-state index in [2.05, 4.69) is 0 Å². The second-order valence-electron chi connectivity index (χ2n) is 6.02. The molecule has 9 nitrogen and oxygen atoms in total. The number of non-ortho nitro benzene ring substituents is 1. The molecule has 0 amide bonds. The molecule has 0 radical (unpaired) electrons. The third-order valence-corrected chi connectivity index (χ3v) is 4.00. The molecule has 0 saturated heterocycles. The number of aryl methyl sites for hydroxylation is 1. The van der Waals surface area contributed by atoms with Crippen LogP contribution in [0.1, 0.15) is 24.8 Å². The first kappa shape index (κ1) is 20.4. The summed E-state index contributed by atoms with van der Waals surface area (Å²) < 4.78 is 7.15. The molecular weight excluding hydrogens is 352 g/mol. The summed E-state index contributed by atoms with van der Waals surface area (Å²) in [6.45, 7) is 2.00. The Morgan fingerprint density at radius 3 is 2.52 bits per heavy atom. The van der Waals surface area contributed by atoms with Crippen molar-refractivity contribution in [1.82, 2.24) is 0 Å². The SMILES string of the molecule is NCCCCOCCCc1ccc[n+](-c2ccc([N+](=O)[O-])cc2[N+](=O)[O-])c1. The number of benzene rings is 1. The van der Waals surface area contributed by atoms with Crippen molar-refractivity contribution in [2.24, 2.45) is 5.73 Å². The zero-order chi connectivity index (χ0) is 19.6. The molecule has 0 aliphatic rings. The molecule has 27 heavy (non-hydrogen) atoms. The van der Waals surface area contributed by atoms with Crippen molar-refractivity contribution in [2.45, 2.75) is 25.7 Å². The largest absolute Gasteiger partial charge is 0.381 e. The van der Waals surface area contributed by atoms with Gasteiger partial charge in [0.15, 0.2) is 12.4 Å². The van der Waals surface area contributed by atoms with Gasteiger partial charge in [0.25, 0.3) is 11.4 Å². The van der Waals surface area contributed by atoms with Gasteiger partial charge in [-0.25, -0.2) is 0 Å². The summed E-state index contributed by atoms with van der Waals surface area (Å²) in [6.07, 6.45) is 6.97. The number of nitrogens with two attached hydrogens (primary N) is 1. The monoisotopic (exact) mass is 375 g/mol. The lowest BCUT2D eigenvalue weighted by atomic mass is 10.1. The summed E-state index contributed by atoms with van der Waals surface area (Å²) in [6, 6.07) is 7.35. The highest BCUT2D eigenvalue weighted by molar-refractivity contribution is 5.53. The standard InChI is InChI=1S/C18H23N4O5/c19-9-1-2-11-27-12-4-6-15-5-3-10-20(14-15)17-8-7-16(21(23)24)13-18(17)22(25)26/h3,5,7-8,10,13-14H,1-2,4,6,9,11-12,19H2/q+1. The van der Waals surface area contributed by atoms with E-state index in [0.717, 1.165) is 37.3 Å². The molecule has 1 heterocycles. The van der Waals surface area contributed by atoms with Gasteiger partial charge in [0.2, 0.25) is 0 Å². The average Bonchev–Trinajstić information content (AvgIpc) is 2.67. The van der Waals surface area contributed by atoms with Crippen molar-refractivity contribution < 1.29 is 19.2 Å². The molecular formula is C18H23N4O5+. The summed E-state index contributed by atoms with van der Waals surface area (Å²) in [5.74, 6) is 0. The molecule has 9 heteroatoms. The fourth-order valence-corrected chi connectivity index (χ4v) is 2.64. The summed E-state index contributed by atoms with van der Waals surface area (Å²) in [5, 5.41) is 22.2. The van der Waals surface area contributed by atoms with Crippen LogP contribution in [0, 0.1) is 20.2 Å². The van der Waals surface area contributed by atoms with Gasteiger partial charge in [0.1, 0.15) is 6.07 Å². The molecule has 144 valence electrons. The Morgan fingerprint density at radius 2 is 1.81 bits per heavy atom. The molecule has 2 N–H and O–H groups in total. The second-order valence-corrected chi connectivity index (χ2v) is 6.02. The Labute approximate surface area is 156 Å². The first-order valence-electron chi connectivity index (χ1n) is 8.74. The van der Waals surface area contributed by atoms with E-state index in [9.17, 15) is 20.2 Å². The Hall–Kier alpha value is -2.91. The van der Waals surface area contributed by atoms with Crippen LogP contribution in [-0.4, -0.2) is 29.6 Å². The molecule has 1 aromatic carbocycles. The lowest BCUT2D eigenvalue weighted by Crippen LogP contribution is -2.31. The topological polar surface area (TPSA) is 125 Å². The van der Waals surface area contributed by atoms with Crippen molar-refractivity contribution >= 4 is 11.4 Å². The van der Waals surface area contributed by atoms with Crippen LogP contribution in [0.3, 0.4) is 0 Å². The van der Waals surface area contributed by atoms with Gasteiger partial charge in [-0.2, -0.15) is 4.57 Å². The lowest BCUT2D eigenvalue weighted by molar-refractivity contribution is -0.601. The number of rotatable bonds is 11. The fourth-order valence-electron chi connectivity index (χ4n) is 2.64. The summed E-state index contributed by atoms with van der Waals surface area (Å²) in [5.41, 5.74) is 6.08. The molecule has 0 saturated carbocycles. The van der Waals surface area contributed by atoms with E-state index in [1.165, 1.54) is 12.1 Å². The predicted octanol–water partition coefficient (Wildman–Crippen LogP) is 2.47. The van der Waals surface area contributed by atoms with E-state index >= 15 is 0 Å². The van der Waals surface area contributed by atoms with E-state index in [0.29, 0.717) is 19.8 Å². The van der Waals surface area contributed by atoms with E-state index in [1.54, 1.807) is 23.0 Å². The Bertz CT molecular complexity index is 797. The van der Waals surface area contributed by atoms with Crippen LogP contribution in [0.25, 0.3) is 5.69 Å². The van der Waals surface area contributed by atoms with Crippen LogP contribution >= 0.6 is 0 Å². The highest BCUT2D eigenvalue weighted by Gasteiger charge is 2.26. The third kappa shape index (κ3) is 6.08. The number of hydrogen-bond acceptors (Lipinski definition) is 6. The molecule has 0 aliphatic carbocycles. The van der Waals surface area contributed by atoms with Gasteiger partial charge < -0.3 is 10.5 Å². The Morgan fingerprint density at radius 1 is 1.04 bits per heavy atom. The number of nitro groups is 2. The minimum atomic E-state index is -0.647. The maximum absolute atomic E-state index is 11.3. The predicted molar refractivity (Wildman–Crippen MR) is 98.7 cm³/mol. The minimum Gasteiger partial charge on any atom is -0.381 e. The first-order chi connectivity index (χ1) is 13.0. The lowest BCUT2D eigenvalue weighted by Gasteiger charge is -2.04. The van der Waals surface area contributed by atoms with Crippen LogP contribution in [0.2, 0.25) is 0 Å². The number of unbranched alkanes of at least 4 members (excludes halogenated alkanes) is 1. The van der Waals surface area contributed by atoms with Crippen molar-refractivity contribution in [3.8, 4) is 5.69 Å². The minimum absolute atomic E-state index is 0.283. The van der Waals surface area contributed by atoms with Crippen LogP contribution in [0.5, 0.6) is 0 Å². The van der Waals surface area contributed by atoms with Crippen molar-refractivity contribution in [3.05, 3.63) is 68.5 Å². The molecule has 0 unspecified atom stereocenters. The summed E-state index contributed by atoms with van der Waals surface area (Å²) in [4.78, 5) is 20.9. The van der Waals surface area contributed by atoms with Gasteiger partial charge in [-0.3, -0.25) is 20.2 Å². The maximum Gasteiger partial charge on any atom is 0.347 e. The second kappa shape index (κ2) is 10.3. The van der Waals surface area contributed by atoms with Gasteiger partial charge in [-0.15, -0.1) is 0 Å². The molecule has 0 fully saturated rings. The van der Waals surface area contributed by atoms with Gasteiger partial charge in [-0.05, 0) is 38.3 Å². The van der Waals surface area contributed by atoms with Crippen LogP contribution < -0.4 is 10.3 Å². The Balaban J connectivity index is 2.06. The average molecular weight is 375 g/mol. The number of nitro benzene ring substituents is 2. The fraction of sp³-hybridized carbons (Fsp3) is 0.389. The highest BCUT2D eigenvalue weighted by Crippen LogP contribution is 2.24. The van der Waals surface area contributed by atoms with Gasteiger partial charge in [-0.1, -0.05) is 0 Å². The number of ether oxygens (including phenoxy) is 1. The van der Waals surface area contributed by atoms with Crippen LogP contribution in [0.4, 0.5) is 11.4 Å². The molecule has 0 aliphatic heterocycles. The van der Waals surface area contributed by atoms with Crippen molar-refractivity contribution in [3.63, 3.8) is 0 Å². The zero-order valence-electron chi connectivity index (χ0n) is 15.0. The molecule has 2 aromatic rings. The van der Waals surface area contributed by atoms with Crippen LogP contribution in [-0.2, 0) is 11.2 Å². The molecule has 0 bridgehead atoms. The van der Waals surface area contributed by atoms with E-state index in [1.807, 2.05) is 6.07 Å². The third-order valence-electron chi connectivity index (χ3n) is 4.00. The van der Waals surface area contributed by atoms with Crippen molar-refractivity contribution in [2.75, 3.05) is 19.8 Å². The smallest absolute Gasteiger partial charge is 0.347 e. The number of hydrogen-bond donors (Lipinski definition) is 1. The normalized spacial score (nSPS) is 10.7. The first-order valence-corrected chi connectivity index (χ1v) is 8.74. The number of nitrogens with zero attached hydrogens (tertiary/aromatic N) is 3. The quantitative estimate of drug-likeness (QED) is 0.278. The number of aromatic nitrogens is 1. The molecule has 1 aromatic heterocycles. The Kier molecular flexibility index (Phi) is 7.78. The van der Waals surface area contributed by atoms with Gasteiger partial charge in [0.05, 0.1) is 9.85 Å². The van der Waals surface area contributed by atoms with Gasteiger partial charge in [0, 0.05) is 37.0 Å². The summed E-state index contributed by atoms with van der Waals surface area (Å²) >= 11 is 0. The molecule has 0 spiro atoms. The maximum atomic E-state index is 11.3. The van der Waals surface area contributed by atoms with E-state index in [4.69, 9.17) is 10.5 Å².